The number of piperazine rings is 1. The van der Waals surface area contributed by atoms with E-state index in [4.69, 9.17) is 23.2 Å². The van der Waals surface area contributed by atoms with E-state index in [-0.39, 0.29) is 15.0 Å². The second-order valence-electron chi connectivity index (χ2n) is 5.06. The fourth-order valence-corrected chi connectivity index (χ4v) is 6.01. The molecule has 0 spiro atoms. The molecule has 0 atom stereocenters. The van der Waals surface area contributed by atoms with Crippen molar-refractivity contribution in [2.75, 3.05) is 31.1 Å². The molecule has 2 aromatic rings. The monoisotopic (exact) mass is 394 g/mol. The minimum absolute atomic E-state index is 0.0596. The molecule has 1 fully saturated rings. The topological polar surface area (TPSA) is 40.6 Å². The Morgan fingerprint density at radius 3 is 2.17 bits per heavy atom. The Morgan fingerprint density at radius 2 is 1.65 bits per heavy atom. The predicted molar refractivity (Wildman–Crippen MR) is 91.7 cm³/mol. The van der Waals surface area contributed by atoms with Crippen LogP contribution in [0.2, 0.25) is 8.67 Å². The summed E-state index contributed by atoms with van der Waals surface area (Å²) in [7, 11) is -3.64. The third-order valence-electron chi connectivity index (χ3n) is 3.67. The van der Waals surface area contributed by atoms with Crippen LogP contribution in [0.1, 0.15) is 0 Å². The predicted octanol–water partition coefficient (Wildman–Crippen LogP) is 3.70. The molecule has 1 aromatic heterocycles. The Hall–Kier alpha value is -0.860. The second kappa shape index (κ2) is 6.57. The highest BCUT2D eigenvalue weighted by molar-refractivity contribution is 7.89. The van der Waals surface area contributed by atoms with Crippen LogP contribution in [0, 0.1) is 5.82 Å². The van der Waals surface area contributed by atoms with Gasteiger partial charge >= 0.3 is 0 Å². The molecule has 1 aliphatic rings. The largest absolute Gasteiger partial charge is 0.369 e. The molecule has 0 radical (unpaired) electrons. The van der Waals surface area contributed by atoms with E-state index in [0.717, 1.165) is 17.0 Å². The summed E-state index contributed by atoms with van der Waals surface area (Å²) in [5, 5.41) is 0. The molecule has 124 valence electrons. The number of halogens is 3. The van der Waals surface area contributed by atoms with Crippen LogP contribution in [0.4, 0.5) is 10.1 Å². The number of anilines is 1. The highest BCUT2D eigenvalue weighted by Crippen LogP contribution is 2.36. The molecule has 0 N–H and O–H groups in total. The summed E-state index contributed by atoms with van der Waals surface area (Å²) in [6, 6.07) is 7.55. The van der Waals surface area contributed by atoms with Crippen molar-refractivity contribution in [2.24, 2.45) is 0 Å². The van der Waals surface area contributed by atoms with Gasteiger partial charge in [-0.1, -0.05) is 23.2 Å². The molecule has 23 heavy (non-hydrogen) atoms. The van der Waals surface area contributed by atoms with Gasteiger partial charge in [0.2, 0.25) is 10.0 Å². The molecule has 0 amide bonds. The molecule has 0 bridgehead atoms. The normalized spacial score (nSPS) is 16.7. The lowest BCUT2D eigenvalue weighted by atomic mass is 10.2. The lowest BCUT2D eigenvalue weighted by molar-refractivity contribution is 0.385. The molecule has 1 aliphatic heterocycles. The van der Waals surface area contributed by atoms with E-state index in [9.17, 15) is 12.8 Å². The summed E-state index contributed by atoms with van der Waals surface area (Å²) >= 11 is 12.8. The van der Waals surface area contributed by atoms with Crippen molar-refractivity contribution >= 4 is 50.2 Å². The van der Waals surface area contributed by atoms with Crippen molar-refractivity contribution in [1.29, 1.82) is 0 Å². The lowest BCUT2D eigenvalue weighted by Gasteiger charge is -2.35. The van der Waals surface area contributed by atoms with E-state index in [0.29, 0.717) is 30.5 Å². The zero-order chi connectivity index (χ0) is 16.6. The minimum Gasteiger partial charge on any atom is -0.369 e. The molecule has 0 aliphatic carbocycles. The summed E-state index contributed by atoms with van der Waals surface area (Å²) in [6.45, 7) is 1.73. The maximum absolute atomic E-state index is 13.0. The Bertz CT molecular complexity index is 801. The standard InChI is InChI=1S/C14H13Cl2FN2O2S2/c15-13-9-12(14(16)22-13)23(20,21)19-7-5-18(6-8-19)11-3-1-10(17)2-4-11/h1-4,9H,5-8H2. The lowest BCUT2D eigenvalue weighted by Crippen LogP contribution is -2.48. The van der Waals surface area contributed by atoms with E-state index in [2.05, 4.69) is 0 Å². The zero-order valence-corrected chi connectivity index (χ0v) is 15.0. The first-order chi connectivity index (χ1) is 10.9. The number of thiophene rings is 1. The van der Waals surface area contributed by atoms with E-state index in [1.54, 1.807) is 12.1 Å². The van der Waals surface area contributed by atoms with Crippen LogP contribution in [0.15, 0.2) is 35.2 Å². The maximum atomic E-state index is 13.0. The number of hydrogen-bond donors (Lipinski definition) is 0. The van der Waals surface area contributed by atoms with Gasteiger partial charge in [0.05, 0.1) is 4.34 Å². The quantitative estimate of drug-likeness (QED) is 0.796. The molecule has 0 unspecified atom stereocenters. The van der Waals surface area contributed by atoms with Crippen LogP contribution in [0.25, 0.3) is 0 Å². The SMILES string of the molecule is O=S(=O)(c1cc(Cl)sc1Cl)N1CCN(c2ccc(F)cc2)CC1. The van der Waals surface area contributed by atoms with Crippen molar-refractivity contribution < 1.29 is 12.8 Å². The highest BCUT2D eigenvalue weighted by Gasteiger charge is 2.31. The second-order valence-corrected chi connectivity index (χ2v) is 9.25. The molecular formula is C14H13Cl2FN2O2S2. The molecule has 9 heteroatoms. The third kappa shape index (κ3) is 3.49. The number of nitrogens with zero attached hydrogens (tertiary/aromatic N) is 2. The Kier molecular flexibility index (Phi) is 4.85. The molecule has 1 aromatic carbocycles. The Balaban J connectivity index is 1.73. The van der Waals surface area contributed by atoms with Crippen LogP contribution >= 0.6 is 34.5 Å². The number of sulfonamides is 1. The van der Waals surface area contributed by atoms with Crippen molar-refractivity contribution in [3.05, 3.63) is 44.8 Å². The van der Waals surface area contributed by atoms with Crippen molar-refractivity contribution in [2.45, 2.75) is 4.90 Å². The Labute approximate surface area is 148 Å². The number of hydrogen-bond acceptors (Lipinski definition) is 4. The molecule has 4 nitrogen and oxygen atoms in total. The average molecular weight is 395 g/mol. The summed E-state index contributed by atoms with van der Waals surface area (Å²) in [4.78, 5) is 2.08. The molecule has 3 rings (SSSR count). The van der Waals surface area contributed by atoms with Crippen LogP contribution < -0.4 is 4.90 Å². The maximum Gasteiger partial charge on any atom is 0.245 e. The van der Waals surface area contributed by atoms with Crippen LogP contribution in [0.5, 0.6) is 0 Å². The summed E-state index contributed by atoms with van der Waals surface area (Å²) in [5.41, 5.74) is 0.875. The average Bonchev–Trinajstić information content (AvgIpc) is 2.87. The number of rotatable bonds is 3. The van der Waals surface area contributed by atoms with Crippen LogP contribution in [-0.2, 0) is 10.0 Å². The van der Waals surface area contributed by atoms with Gasteiger partial charge in [0.1, 0.15) is 15.0 Å². The summed E-state index contributed by atoms with van der Waals surface area (Å²) < 4.78 is 40.2. The zero-order valence-electron chi connectivity index (χ0n) is 11.9. The van der Waals surface area contributed by atoms with Gasteiger partial charge in [-0.15, -0.1) is 11.3 Å². The first kappa shape index (κ1) is 17.0. The Morgan fingerprint density at radius 1 is 1.04 bits per heavy atom. The third-order valence-corrected chi connectivity index (χ3v) is 7.33. The van der Waals surface area contributed by atoms with Crippen LogP contribution in [-0.4, -0.2) is 38.9 Å². The fraction of sp³-hybridized carbons (Fsp3) is 0.286. The van der Waals surface area contributed by atoms with Gasteiger partial charge in [-0.3, -0.25) is 0 Å². The first-order valence-electron chi connectivity index (χ1n) is 6.83. The highest BCUT2D eigenvalue weighted by atomic mass is 35.5. The van der Waals surface area contributed by atoms with E-state index >= 15 is 0 Å². The minimum atomic E-state index is -3.64. The van der Waals surface area contributed by atoms with Crippen LogP contribution in [0.3, 0.4) is 0 Å². The van der Waals surface area contributed by atoms with Crippen molar-refractivity contribution in [3.8, 4) is 0 Å². The smallest absolute Gasteiger partial charge is 0.245 e. The van der Waals surface area contributed by atoms with Crippen molar-refractivity contribution in [1.82, 2.24) is 4.31 Å². The van der Waals surface area contributed by atoms with Gasteiger partial charge in [0.15, 0.2) is 0 Å². The van der Waals surface area contributed by atoms with Gasteiger partial charge in [-0.2, -0.15) is 4.31 Å². The van der Waals surface area contributed by atoms with E-state index in [1.165, 1.54) is 22.5 Å². The molecule has 1 saturated heterocycles. The molecular weight excluding hydrogens is 382 g/mol. The van der Waals surface area contributed by atoms with Gasteiger partial charge < -0.3 is 4.90 Å². The molecule has 0 saturated carbocycles. The van der Waals surface area contributed by atoms with E-state index in [1.807, 2.05) is 4.90 Å². The van der Waals surface area contributed by atoms with E-state index < -0.39 is 10.0 Å². The summed E-state index contributed by atoms with van der Waals surface area (Å²) in [5.74, 6) is -0.293. The van der Waals surface area contributed by atoms with Crippen molar-refractivity contribution in [3.63, 3.8) is 0 Å². The van der Waals surface area contributed by atoms with Gasteiger partial charge in [0.25, 0.3) is 0 Å². The number of benzene rings is 1. The summed E-state index contributed by atoms with van der Waals surface area (Å²) in [6.07, 6.45) is 0. The first-order valence-corrected chi connectivity index (χ1v) is 9.84. The molecule has 2 heterocycles. The fourth-order valence-electron chi connectivity index (χ4n) is 2.48. The van der Waals surface area contributed by atoms with Gasteiger partial charge in [-0.25, -0.2) is 12.8 Å². The van der Waals surface area contributed by atoms with Gasteiger partial charge in [-0.05, 0) is 30.3 Å². The van der Waals surface area contributed by atoms with Gasteiger partial charge in [0, 0.05) is 31.9 Å².